The summed E-state index contributed by atoms with van der Waals surface area (Å²) in [6.45, 7) is 3.95. The van der Waals surface area contributed by atoms with Crippen LogP contribution in [0.5, 0.6) is 5.75 Å². The molecule has 7 heteroatoms. The van der Waals surface area contributed by atoms with E-state index in [0.29, 0.717) is 17.3 Å². The Morgan fingerprint density at radius 2 is 2.00 bits per heavy atom. The van der Waals surface area contributed by atoms with Crippen LogP contribution >= 0.6 is 11.3 Å². The number of fused-ring (bicyclic) bond motifs is 1. The Morgan fingerprint density at radius 1 is 1.19 bits per heavy atom. The van der Waals surface area contributed by atoms with Crippen molar-refractivity contribution in [2.45, 2.75) is 13.8 Å². The number of nitrogens with one attached hydrogen (secondary N) is 1. The third kappa shape index (κ3) is 4.18. The van der Waals surface area contributed by atoms with Crippen molar-refractivity contribution in [1.29, 1.82) is 0 Å². The summed E-state index contributed by atoms with van der Waals surface area (Å²) in [5.74, 6) is -0.200. The molecule has 2 aromatic carbocycles. The molecule has 0 aliphatic heterocycles. The summed E-state index contributed by atoms with van der Waals surface area (Å²) in [6, 6.07) is 12.6. The SMILES string of the molecule is CCOc1ccc2nc(NC(=O)COC(=O)c3ccccc3C)sc2c1. The molecule has 1 aromatic heterocycles. The third-order valence-electron chi connectivity index (χ3n) is 3.62. The number of amides is 1. The first-order chi connectivity index (χ1) is 12.6. The van der Waals surface area contributed by atoms with Gasteiger partial charge in [0, 0.05) is 0 Å². The van der Waals surface area contributed by atoms with Crippen molar-refractivity contribution in [3.05, 3.63) is 53.6 Å². The molecule has 1 N–H and O–H groups in total. The second kappa shape index (κ2) is 7.97. The highest BCUT2D eigenvalue weighted by atomic mass is 32.1. The maximum Gasteiger partial charge on any atom is 0.338 e. The van der Waals surface area contributed by atoms with Gasteiger partial charge in [0.1, 0.15) is 5.75 Å². The summed E-state index contributed by atoms with van der Waals surface area (Å²) in [5, 5.41) is 3.10. The van der Waals surface area contributed by atoms with Crippen molar-refractivity contribution in [3.8, 4) is 5.75 Å². The first-order valence-corrected chi connectivity index (χ1v) is 8.94. The molecule has 26 heavy (non-hydrogen) atoms. The largest absolute Gasteiger partial charge is 0.494 e. The highest BCUT2D eigenvalue weighted by Crippen LogP contribution is 2.29. The monoisotopic (exact) mass is 370 g/mol. The van der Waals surface area contributed by atoms with Crippen LogP contribution in [0.15, 0.2) is 42.5 Å². The van der Waals surface area contributed by atoms with E-state index in [2.05, 4.69) is 10.3 Å². The zero-order chi connectivity index (χ0) is 18.5. The van der Waals surface area contributed by atoms with Crippen molar-refractivity contribution in [1.82, 2.24) is 4.98 Å². The standard InChI is InChI=1S/C19H18N2O4S/c1-3-24-13-8-9-15-16(10-13)26-19(20-15)21-17(22)11-25-18(23)14-7-5-4-6-12(14)2/h4-10H,3,11H2,1-2H3,(H,20,21,22). The lowest BCUT2D eigenvalue weighted by Gasteiger charge is -2.06. The molecule has 0 saturated carbocycles. The molecule has 6 nitrogen and oxygen atoms in total. The lowest BCUT2D eigenvalue weighted by atomic mass is 10.1. The van der Waals surface area contributed by atoms with Crippen LogP contribution in [0.3, 0.4) is 0 Å². The maximum absolute atomic E-state index is 12.0. The molecule has 0 aliphatic rings. The number of benzene rings is 2. The molecule has 1 heterocycles. The van der Waals surface area contributed by atoms with Crippen molar-refractivity contribution in [3.63, 3.8) is 0 Å². The van der Waals surface area contributed by atoms with Crippen molar-refractivity contribution in [2.24, 2.45) is 0 Å². The first kappa shape index (κ1) is 17.9. The number of rotatable bonds is 6. The molecule has 0 bridgehead atoms. The van der Waals surface area contributed by atoms with E-state index in [-0.39, 0.29) is 6.61 Å². The minimum atomic E-state index is -0.524. The zero-order valence-electron chi connectivity index (χ0n) is 14.4. The van der Waals surface area contributed by atoms with Crippen LogP contribution in [0.2, 0.25) is 0 Å². The highest BCUT2D eigenvalue weighted by Gasteiger charge is 2.13. The average molecular weight is 370 g/mol. The fraction of sp³-hybridized carbons (Fsp3) is 0.211. The van der Waals surface area contributed by atoms with E-state index in [1.807, 2.05) is 44.2 Å². The molecular weight excluding hydrogens is 352 g/mol. The summed E-state index contributed by atoms with van der Waals surface area (Å²) in [4.78, 5) is 28.4. The number of thiazole rings is 1. The van der Waals surface area contributed by atoms with Crippen LogP contribution in [0, 0.1) is 6.92 Å². The molecule has 0 aliphatic carbocycles. The fourth-order valence-electron chi connectivity index (χ4n) is 2.38. The Labute approximate surface area is 154 Å². The Kier molecular flexibility index (Phi) is 5.48. The van der Waals surface area contributed by atoms with Gasteiger partial charge in [-0.2, -0.15) is 0 Å². The topological polar surface area (TPSA) is 77.5 Å². The Balaban J connectivity index is 1.60. The van der Waals surface area contributed by atoms with Gasteiger partial charge in [-0.3, -0.25) is 10.1 Å². The van der Waals surface area contributed by atoms with Gasteiger partial charge in [-0.15, -0.1) is 0 Å². The van der Waals surface area contributed by atoms with Crippen molar-refractivity contribution >= 4 is 38.6 Å². The molecule has 1 amide bonds. The number of carbonyl (C=O) groups excluding carboxylic acids is 2. The van der Waals surface area contributed by atoms with Crippen LogP contribution in [-0.2, 0) is 9.53 Å². The van der Waals surface area contributed by atoms with E-state index in [9.17, 15) is 9.59 Å². The minimum Gasteiger partial charge on any atom is -0.494 e. The summed E-state index contributed by atoms with van der Waals surface area (Å²) in [6.07, 6.45) is 0. The zero-order valence-corrected chi connectivity index (χ0v) is 15.3. The van der Waals surface area contributed by atoms with Gasteiger partial charge in [0.05, 0.1) is 22.4 Å². The number of aromatic nitrogens is 1. The van der Waals surface area contributed by atoms with E-state index in [1.54, 1.807) is 12.1 Å². The van der Waals surface area contributed by atoms with Gasteiger partial charge in [-0.1, -0.05) is 29.5 Å². The lowest BCUT2D eigenvalue weighted by molar-refractivity contribution is -0.119. The van der Waals surface area contributed by atoms with Gasteiger partial charge >= 0.3 is 5.97 Å². The molecule has 134 valence electrons. The van der Waals surface area contributed by atoms with Gasteiger partial charge in [-0.25, -0.2) is 9.78 Å². The summed E-state index contributed by atoms with van der Waals surface area (Å²) in [5.41, 5.74) is 2.02. The van der Waals surface area contributed by atoms with Gasteiger partial charge in [0.15, 0.2) is 11.7 Å². The summed E-state index contributed by atoms with van der Waals surface area (Å²) in [7, 11) is 0. The number of aryl methyl sites for hydroxylation is 1. The second-order valence-electron chi connectivity index (χ2n) is 5.52. The summed E-state index contributed by atoms with van der Waals surface area (Å²) < 4.78 is 11.4. The number of hydrogen-bond donors (Lipinski definition) is 1. The molecule has 0 spiro atoms. The van der Waals surface area contributed by atoms with Gasteiger partial charge in [-0.05, 0) is 43.7 Å². The maximum atomic E-state index is 12.0. The molecular formula is C19H18N2O4S. The number of carbonyl (C=O) groups is 2. The van der Waals surface area contributed by atoms with E-state index >= 15 is 0 Å². The number of esters is 1. The molecule has 3 aromatic rings. The number of anilines is 1. The van der Waals surface area contributed by atoms with Gasteiger partial charge in [0.25, 0.3) is 5.91 Å². The molecule has 3 rings (SSSR count). The highest BCUT2D eigenvalue weighted by molar-refractivity contribution is 7.22. The second-order valence-corrected chi connectivity index (χ2v) is 6.55. The average Bonchev–Trinajstić information content (AvgIpc) is 3.02. The Hall–Kier alpha value is -2.93. The minimum absolute atomic E-state index is 0.368. The van der Waals surface area contributed by atoms with Gasteiger partial charge in [0.2, 0.25) is 0 Å². The van der Waals surface area contributed by atoms with Crippen LogP contribution in [-0.4, -0.2) is 30.1 Å². The number of hydrogen-bond acceptors (Lipinski definition) is 6. The fourth-order valence-corrected chi connectivity index (χ4v) is 3.29. The molecule has 0 radical (unpaired) electrons. The van der Waals surface area contributed by atoms with E-state index in [0.717, 1.165) is 21.5 Å². The van der Waals surface area contributed by atoms with Crippen LogP contribution < -0.4 is 10.1 Å². The first-order valence-electron chi connectivity index (χ1n) is 8.13. The summed E-state index contributed by atoms with van der Waals surface area (Å²) >= 11 is 1.34. The normalized spacial score (nSPS) is 10.5. The van der Waals surface area contributed by atoms with Crippen LogP contribution in [0.4, 0.5) is 5.13 Å². The molecule has 0 saturated heterocycles. The van der Waals surface area contributed by atoms with Gasteiger partial charge < -0.3 is 9.47 Å². The molecule has 0 atom stereocenters. The quantitative estimate of drug-likeness (QED) is 0.668. The number of ether oxygens (including phenoxy) is 2. The van der Waals surface area contributed by atoms with Crippen molar-refractivity contribution in [2.75, 3.05) is 18.5 Å². The lowest BCUT2D eigenvalue weighted by Crippen LogP contribution is -2.21. The number of nitrogens with zero attached hydrogens (tertiary/aromatic N) is 1. The van der Waals surface area contributed by atoms with Crippen LogP contribution in [0.1, 0.15) is 22.8 Å². The van der Waals surface area contributed by atoms with Crippen LogP contribution in [0.25, 0.3) is 10.2 Å². The van der Waals surface area contributed by atoms with E-state index < -0.39 is 11.9 Å². The van der Waals surface area contributed by atoms with E-state index in [4.69, 9.17) is 9.47 Å². The predicted molar refractivity (Wildman–Crippen MR) is 101 cm³/mol. The smallest absolute Gasteiger partial charge is 0.338 e. The predicted octanol–water partition coefficient (Wildman–Crippen LogP) is 3.80. The molecule has 0 fully saturated rings. The molecule has 0 unspecified atom stereocenters. The Bertz CT molecular complexity index is 952. The Morgan fingerprint density at radius 3 is 2.77 bits per heavy atom. The van der Waals surface area contributed by atoms with E-state index in [1.165, 1.54) is 11.3 Å². The third-order valence-corrected chi connectivity index (χ3v) is 4.55. The van der Waals surface area contributed by atoms with Crippen molar-refractivity contribution < 1.29 is 19.1 Å².